The van der Waals surface area contributed by atoms with E-state index in [9.17, 15) is 4.79 Å². The highest BCUT2D eigenvalue weighted by Crippen LogP contribution is 2.35. The molecule has 0 fully saturated rings. The Morgan fingerprint density at radius 2 is 1.65 bits per heavy atom. The van der Waals surface area contributed by atoms with Gasteiger partial charge in [-0.2, -0.15) is 0 Å². The Bertz CT molecular complexity index is 527. The summed E-state index contributed by atoms with van der Waals surface area (Å²) in [4.78, 5) is 24.8. The minimum atomic E-state index is -0.128. The van der Waals surface area contributed by atoms with Crippen molar-refractivity contribution >= 4 is 17.4 Å². The lowest BCUT2D eigenvalue weighted by Gasteiger charge is -2.42. The van der Waals surface area contributed by atoms with E-state index in [2.05, 4.69) is 42.6 Å². The zero-order valence-electron chi connectivity index (χ0n) is 18.5. The molecule has 0 aliphatic carbocycles. The number of rotatable bonds is 5. The Morgan fingerprint density at radius 1 is 1.12 bits per heavy atom. The molecule has 0 bridgehead atoms. The predicted octanol–water partition coefficient (Wildman–Crippen LogP) is 5.37. The van der Waals surface area contributed by atoms with Crippen LogP contribution in [0.4, 0.5) is 11.5 Å². The molecule has 2 rings (SSSR count). The van der Waals surface area contributed by atoms with Crippen molar-refractivity contribution in [2.45, 2.75) is 99.6 Å². The van der Waals surface area contributed by atoms with Crippen LogP contribution < -0.4 is 9.80 Å². The van der Waals surface area contributed by atoms with Crippen LogP contribution in [-0.2, 0) is 4.79 Å². The van der Waals surface area contributed by atoms with E-state index in [4.69, 9.17) is 0 Å². The van der Waals surface area contributed by atoms with E-state index in [1.54, 1.807) is 18.1 Å². The van der Waals surface area contributed by atoms with Gasteiger partial charge in [-0.05, 0) is 27.2 Å². The van der Waals surface area contributed by atoms with Crippen LogP contribution in [0, 0.1) is 6.92 Å². The highest BCUT2D eigenvalue weighted by molar-refractivity contribution is 6.04. The van der Waals surface area contributed by atoms with Crippen LogP contribution in [-0.4, -0.2) is 35.0 Å². The van der Waals surface area contributed by atoms with Crippen molar-refractivity contribution in [2.75, 3.05) is 16.8 Å². The number of hydrogen-bond donors (Lipinski definition) is 0. The number of anilines is 2. The molecule has 2 heterocycles. The molecule has 0 spiro atoms. The molecule has 1 aromatic rings. The van der Waals surface area contributed by atoms with Crippen molar-refractivity contribution in [1.29, 1.82) is 0 Å². The number of hydrogen-bond acceptors (Lipinski definition) is 4. The fourth-order valence-electron chi connectivity index (χ4n) is 2.96. The number of aryl methyl sites for hydroxylation is 1. The van der Waals surface area contributed by atoms with Crippen LogP contribution >= 0.6 is 0 Å². The molecule has 1 aliphatic rings. The molecule has 1 aromatic heterocycles. The lowest BCUT2D eigenvalue weighted by molar-refractivity contribution is -0.120. The maximum Gasteiger partial charge on any atom is 0.249 e. The van der Waals surface area contributed by atoms with Crippen molar-refractivity contribution in [3.8, 4) is 0 Å². The molecule has 0 aromatic carbocycles. The van der Waals surface area contributed by atoms with Gasteiger partial charge in [0.05, 0.1) is 6.20 Å². The Morgan fingerprint density at radius 3 is 2.08 bits per heavy atom. The van der Waals surface area contributed by atoms with Gasteiger partial charge >= 0.3 is 0 Å². The third kappa shape index (κ3) is 6.26. The van der Waals surface area contributed by atoms with E-state index in [1.807, 2.05) is 27.7 Å². The molecule has 26 heavy (non-hydrogen) atoms. The molecule has 0 unspecified atom stereocenters. The van der Waals surface area contributed by atoms with Gasteiger partial charge < -0.3 is 9.80 Å². The number of likely N-dealkylation sites (N-methyl/N-ethyl adjacent to an activating group) is 1. The molecule has 0 saturated carbocycles. The zero-order valence-corrected chi connectivity index (χ0v) is 18.5. The van der Waals surface area contributed by atoms with E-state index in [0.29, 0.717) is 0 Å². The normalized spacial score (nSPS) is 15.8. The number of carbonyl (C=O) groups is 1. The lowest BCUT2D eigenvalue weighted by Crippen LogP contribution is -2.55. The van der Waals surface area contributed by atoms with Crippen molar-refractivity contribution in [3.63, 3.8) is 0 Å². The summed E-state index contributed by atoms with van der Waals surface area (Å²) in [6, 6.07) is 0.109. The molecule has 1 aliphatic heterocycles. The topological polar surface area (TPSA) is 49.3 Å². The second kappa shape index (κ2) is 12.7. The Hall–Kier alpha value is -1.65. The van der Waals surface area contributed by atoms with Crippen molar-refractivity contribution < 1.29 is 4.79 Å². The van der Waals surface area contributed by atoms with Gasteiger partial charge in [-0.3, -0.25) is 4.79 Å². The molecule has 0 radical (unpaired) electrons. The minimum absolute atomic E-state index is 0.117. The summed E-state index contributed by atoms with van der Waals surface area (Å²) in [5, 5.41) is 0. The summed E-state index contributed by atoms with van der Waals surface area (Å²) in [7, 11) is 1.79. The number of nitrogens with zero attached hydrogens (tertiary/aromatic N) is 4. The van der Waals surface area contributed by atoms with Crippen LogP contribution in [0.15, 0.2) is 6.20 Å². The van der Waals surface area contributed by atoms with E-state index in [0.717, 1.165) is 23.8 Å². The number of aromatic nitrogens is 2. The van der Waals surface area contributed by atoms with Crippen LogP contribution in [0.25, 0.3) is 0 Å². The van der Waals surface area contributed by atoms with Gasteiger partial charge in [0.25, 0.3) is 0 Å². The van der Waals surface area contributed by atoms with Gasteiger partial charge in [-0.15, -0.1) is 0 Å². The maximum atomic E-state index is 12.3. The average Bonchev–Trinajstić information content (AvgIpc) is 2.64. The lowest BCUT2D eigenvalue weighted by atomic mass is 10.1. The molecule has 1 amide bonds. The first kappa shape index (κ1) is 24.4. The second-order valence-corrected chi connectivity index (χ2v) is 6.66. The van der Waals surface area contributed by atoms with Crippen molar-refractivity contribution in [1.82, 2.24) is 9.97 Å². The molecule has 5 heteroatoms. The first-order valence-electron chi connectivity index (χ1n) is 10.3. The van der Waals surface area contributed by atoms with E-state index >= 15 is 0 Å². The molecule has 150 valence electrons. The van der Waals surface area contributed by atoms with E-state index < -0.39 is 0 Å². The van der Waals surface area contributed by atoms with Gasteiger partial charge in [-0.25, -0.2) is 9.97 Å². The van der Waals surface area contributed by atoms with E-state index in [1.165, 1.54) is 25.7 Å². The van der Waals surface area contributed by atoms with Crippen LogP contribution in [0.5, 0.6) is 0 Å². The predicted molar refractivity (Wildman–Crippen MR) is 113 cm³/mol. The smallest absolute Gasteiger partial charge is 0.249 e. The summed E-state index contributed by atoms with van der Waals surface area (Å²) in [6.07, 6.45) is 8.05. The van der Waals surface area contributed by atoms with Crippen molar-refractivity contribution in [3.05, 3.63) is 12.0 Å². The van der Waals surface area contributed by atoms with Gasteiger partial charge in [0.2, 0.25) is 5.91 Å². The van der Waals surface area contributed by atoms with Gasteiger partial charge in [0, 0.05) is 13.1 Å². The average molecular weight is 365 g/mol. The molecular formula is C21H40N4O. The summed E-state index contributed by atoms with van der Waals surface area (Å²) in [6.45, 7) is 16.5. The minimum Gasteiger partial charge on any atom is -0.340 e. The summed E-state index contributed by atoms with van der Waals surface area (Å²) in [5.74, 6) is 1.72. The number of fused-ring (bicyclic) bond motifs is 1. The Balaban J connectivity index is 0.000000667. The zero-order chi connectivity index (χ0) is 20.3. The van der Waals surface area contributed by atoms with E-state index in [-0.39, 0.29) is 18.0 Å². The van der Waals surface area contributed by atoms with Gasteiger partial charge in [0.1, 0.15) is 17.6 Å². The quantitative estimate of drug-likeness (QED) is 0.659. The van der Waals surface area contributed by atoms with Crippen molar-refractivity contribution in [2.24, 2.45) is 0 Å². The molecule has 0 saturated heterocycles. The van der Waals surface area contributed by atoms with Crippen LogP contribution in [0.2, 0.25) is 0 Å². The summed E-state index contributed by atoms with van der Waals surface area (Å²) in [5.41, 5.74) is 0.795. The molecule has 1 atom stereocenters. The van der Waals surface area contributed by atoms with Gasteiger partial charge in [0.15, 0.2) is 5.82 Å². The Labute approximate surface area is 161 Å². The van der Waals surface area contributed by atoms with Crippen LogP contribution in [0.1, 0.15) is 86.4 Å². The summed E-state index contributed by atoms with van der Waals surface area (Å²) < 4.78 is 0. The number of carbonyl (C=O) groups excluding carboxylic acids is 1. The molecule has 5 nitrogen and oxygen atoms in total. The second-order valence-electron chi connectivity index (χ2n) is 6.66. The monoisotopic (exact) mass is 364 g/mol. The fraction of sp³-hybridized carbons (Fsp3) is 0.762. The maximum absolute atomic E-state index is 12.3. The standard InChI is InChI=1S/C13H20N4O.C6H14.C2H6/c1-6-10-13(18)16(5)11-7-14-9(4)15-12(11)17(10)8(2)3;1-3-5-6-4-2;1-2/h7-8,10H,6H2,1-5H3;3-6H2,1-2H3;1-2H3/t10-;;/m1../s1. The largest absolute Gasteiger partial charge is 0.340 e. The third-order valence-corrected chi connectivity index (χ3v) is 4.33. The third-order valence-electron chi connectivity index (χ3n) is 4.33. The summed E-state index contributed by atoms with van der Waals surface area (Å²) >= 11 is 0. The first-order valence-corrected chi connectivity index (χ1v) is 10.3. The van der Waals surface area contributed by atoms with Gasteiger partial charge in [-0.1, -0.05) is 60.3 Å². The molecular weight excluding hydrogens is 324 g/mol. The highest BCUT2D eigenvalue weighted by atomic mass is 16.2. The molecule has 0 N–H and O–H groups in total. The fourth-order valence-corrected chi connectivity index (χ4v) is 2.96. The number of amides is 1. The highest BCUT2D eigenvalue weighted by Gasteiger charge is 2.37. The SMILES string of the molecule is CC.CCCCCC.CC[C@@H]1C(=O)N(C)c2cnc(C)nc2N1C(C)C. The van der Waals surface area contributed by atoms with Crippen LogP contribution in [0.3, 0.4) is 0 Å². The Kier molecular flexibility index (Phi) is 11.9. The number of unbranched alkanes of at least 4 members (excludes halogenated alkanes) is 3. The first-order chi connectivity index (χ1) is 12.4.